The third kappa shape index (κ3) is 13.7. The monoisotopic (exact) mass is 597 g/mol. The molecule has 0 saturated carbocycles. The predicted molar refractivity (Wildman–Crippen MR) is 157 cm³/mol. The summed E-state index contributed by atoms with van der Waals surface area (Å²) in [5.41, 5.74) is 6.07. The van der Waals surface area contributed by atoms with E-state index in [1.807, 2.05) is 6.61 Å². The molecular weight excluding hydrogens is 558 g/mol. The number of aliphatic imine (C=N–C) groups is 1. The Morgan fingerprint density at radius 3 is 1.97 bits per heavy atom. The molecule has 3 rings (SSSR count). The van der Waals surface area contributed by atoms with Gasteiger partial charge in [0.2, 0.25) is 0 Å². The molecule has 2 aromatic carbocycles. The van der Waals surface area contributed by atoms with Crippen LogP contribution in [0.25, 0.3) is 0 Å². The number of amidine groups is 1. The Balaban J connectivity index is 0.000000571. The van der Waals surface area contributed by atoms with Gasteiger partial charge in [-0.2, -0.15) is 6.42 Å². The van der Waals surface area contributed by atoms with Crippen LogP contribution >= 0.6 is 38.2 Å². The molecule has 0 spiro atoms. The van der Waals surface area contributed by atoms with Crippen molar-refractivity contribution >= 4 is 49.7 Å². The molecule has 0 amide bonds. The molecule has 35 heavy (non-hydrogen) atoms. The maximum atomic E-state index is 5.12. The van der Waals surface area contributed by atoms with Crippen LogP contribution in [-0.2, 0) is 16.1 Å². The van der Waals surface area contributed by atoms with Gasteiger partial charge in [-0.25, -0.2) is 16.7 Å². The summed E-state index contributed by atoms with van der Waals surface area (Å²) in [6.07, 6.45) is 2.38. The summed E-state index contributed by atoms with van der Waals surface area (Å²) >= 11 is -1.62. The number of hydrogen-bond acceptors (Lipinski definition) is 2. The SMILES string of the molecule is Cc1ccc(C(=Nc2ccccc2C(C)C)N[PH+](C(C)C)C(C)C)cc1.[CH-]1CCCO1.[Cl][Cr+]([Cl])[Cl]. The van der Waals surface area contributed by atoms with Crippen molar-refractivity contribution in [3.63, 3.8) is 0 Å². The fraction of sp³-hybridized carbons (Fsp3) is 0.481. The van der Waals surface area contributed by atoms with E-state index in [0.29, 0.717) is 17.2 Å². The van der Waals surface area contributed by atoms with Gasteiger partial charge in [0.15, 0.2) is 5.84 Å². The minimum atomic E-state index is -1.62. The summed E-state index contributed by atoms with van der Waals surface area (Å²) in [6.45, 7) is 18.6. The maximum absolute atomic E-state index is 5.12. The van der Waals surface area contributed by atoms with Gasteiger partial charge in [0.1, 0.15) is 0 Å². The number of benzene rings is 2. The Kier molecular flexibility index (Phi) is 16.9. The molecule has 1 saturated heterocycles. The van der Waals surface area contributed by atoms with Crippen LogP contribution in [0, 0.1) is 13.5 Å². The molecule has 0 radical (unpaired) electrons. The number of halogens is 3. The molecule has 0 aromatic heterocycles. The van der Waals surface area contributed by atoms with Gasteiger partial charge in [-0.3, -0.25) is 0 Å². The molecule has 0 bridgehead atoms. The second-order valence-electron chi connectivity index (χ2n) is 9.28. The van der Waals surface area contributed by atoms with Crippen LogP contribution in [0.3, 0.4) is 0 Å². The molecular formula is C27H41Cl3CrN2OP+. The first-order valence-electron chi connectivity index (χ1n) is 12.1. The van der Waals surface area contributed by atoms with Crippen molar-refractivity contribution in [2.45, 2.75) is 78.5 Å². The Bertz CT molecular complexity index is 855. The number of rotatable bonds is 6. The average Bonchev–Trinajstić information content (AvgIpc) is 3.37. The fourth-order valence-corrected chi connectivity index (χ4v) is 5.97. The van der Waals surface area contributed by atoms with E-state index < -0.39 is 19.5 Å². The van der Waals surface area contributed by atoms with Crippen LogP contribution in [0.4, 0.5) is 5.69 Å². The number of aryl methyl sites for hydroxylation is 1. The normalized spacial score (nSPS) is 13.7. The minimum absolute atomic E-state index is 0.453. The first-order valence-corrected chi connectivity index (χ1v) is 19.0. The van der Waals surface area contributed by atoms with Crippen molar-refractivity contribution in [3.8, 4) is 0 Å². The van der Waals surface area contributed by atoms with Crippen molar-refractivity contribution in [2.24, 2.45) is 4.99 Å². The van der Waals surface area contributed by atoms with Crippen LogP contribution in [0.5, 0.6) is 0 Å². The van der Waals surface area contributed by atoms with Crippen LogP contribution in [0.1, 0.15) is 77.0 Å². The van der Waals surface area contributed by atoms with Gasteiger partial charge >= 0.3 is 41.5 Å². The number of hydrogen-bond donors (Lipinski definition) is 1. The second-order valence-corrected chi connectivity index (χ2v) is 19.1. The fourth-order valence-electron chi connectivity index (χ4n) is 3.58. The van der Waals surface area contributed by atoms with Gasteiger partial charge in [-0.1, -0.05) is 68.3 Å². The van der Waals surface area contributed by atoms with Gasteiger partial charge < -0.3 is 4.74 Å². The molecule has 1 aliphatic rings. The van der Waals surface area contributed by atoms with E-state index >= 15 is 0 Å². The van der Waals surface area contributed by atoms with Gasteiger partial charge in [0.05, 0.1) is 25.1 Å². The summed E-state index contributed by atoms with van der Waals surface area (Å²) in [7, 11) is 14.0. The average molecular weight is 599 g/mol. The third-order valence-corrected chi connectivity index (χ3v) is 8.34. The molecule has 0 unspecified atom stereocenters. The molecule has 3 nitrogen and oxygen atoms in total. The second kappa shape index (κ2) is 18.0. The number of ether oxygens (including phenoxy) is 1. The first-order chi connectivity index (χ1) is 16.5. The van der Waals surface area contributed by atoms with Gasteiger partial charge in [0, 0.05) is 12.2 Å². The molecule has 1 heterocycles. The zero-order valence-electron chi connectivity index (χ0n) is 21.9. The Morgan fingerprint density at radius 2 is 1.54 bits per heavy atom. The van der Waals surface area contributed by atoms with E-state index in [4.69, 9.17) is 39.9 Å². The first kappa shape index (κ1) is 32.7. The summed E-state index contributed by atoms with van der Waals surface area (Å²) in [4.78, 5) is 5.12. The van der Waals surface area contributed by atoms with E-state index in [-0.39, 0.29) is 0 Å². The van der Waals surface area contributed by atoms with Crippen molar-refractivity contribution < 1.29 is 16.1 Å². The summed E-state index contributed by atoms with van der Waals surface area (Å²) in [5.74, 6) is 1.46. The van der Waals surface area contributed by atoms with Crippen LogP contribution in [0.15, 0.2) is 53.5 Å². The number of nitrogens with zero attached hydrogens (tertiary/aromatic N) is 1. The van der Waals surface area contributed by atoms with Gasteiger partial charge in [0.25, 0.3) is 0 Å². The van der Waals surface area contributed by atoms with Crippen molar-refractivity contribution in [1.29, 1.82) is 0 Å². The Labute approximate surface area is 231 Å². The number of nitrogens with one attached hydrogen (secondary N) is 1. The van der Waals surface area contributed by atoms with Crippen LogP contribution in [-0.4, -0.2) is 23.8 Å². The molecule has 1 aliphatic heterocycles. The van der Waals surface area contributed by atoms with E-state index in [0.717, 1.165) is 30.1 Å². The van der Waals surface area contributed by atoms with E-state index in [2.05, 4.69) is 102 Å². The van der Waals surface area contributed by atoms with E-state index in [9.17, 15) is 0 Å². The molecule has 1 N–H and O–H groups in total. The summed E-state index contributed by atoms with van der Waals surface area (Å²) < 4.78 is 4.82. The van der Waals surface area contributed by atoms with Gasteiger partial charge in [-0.15, -0.1) is 0 Å². The molecule has 1 fully saturated rings. The quantitative estimate of drug-likeness (QED) is 0.155. The topological polar surface area (TPSA) is 33.6 Å². The van der Waals surface area contributed by atoms with Crippen molar-refractivity contribution in [2.75, 3.05) is 6.61 Å². The molecule has 196 valence electrons. The van der Waals surface area contributed by atoms with E-state index in [1.54, 1.807) is 0 Å². The predicted octanol–water partition coefficient (Wildman–Crippen LogP) is 9.76. The third-order valence-electron chi connectivity index (χ3n) is 5.32. The van der Waals surface area contributed by atoms with Crippen molar-refractivity contribution in [1.82, 2.24) is 5.09 Å². The molecule has 0 aliphatic carbocycles. The molecule has 8 heteroatoms. The zero-order valence-corrected chi connectivity index (χ0v) is 26.5. The summed E-state index contributed by atoms with van der Waals surface area (Å²) in [6, 6.07) is 17.2. The van der Waals surface area contributed by atoms with E-state index in [1.165, 1.54) is 17.5 Å². The standard InChI is InChI=1S/C23H33N2P.C4H7O.3ClH.Cr/c1-16(2)21-10-8-9-11-22(21)24-23(20-14-12-19(7)13-15-20)25-26(17(3)4)18(5)6;1-2-4-5-3-1;;;;/h8-18H,1-7H3,(H,24,25);3H,1-2,4H2;3*1H;/q;-1;;;;+4/p-2. The van der Waals surface area contributed by atoms with Crippen LogP contribution < -0.4 is 5.09 Å². The van der Waals surface area contributed by atoms with Crippen LogP contribution in [0.2, 0.25) is 0 Å². The van der Waals surface area contributed by atoms with Gasteiger partial charge in [-0.05, 0) is 52.2 Å². The number of para-hydroxylation sites is 1. The molecule has 2 aromatic rings. The summed E-state index contributed by atoms with van der Waals surface area (Å²) in [5, 5.41) is 3.86. The Hall–Kier alpha value is -0.298. The van der Waals surface area contributed by atoms with Crippen molar-refractivity contribution in [3.05, 3.63) is 71.8 Å². The molecule has 0 atom stereocenters. The Morgan fingerprint density at radius 1 is 0.971 bits per heavy atom. The zero-order chi connectivity index (χ0) is 26.4.